The third-order valence-electron chi connectivity index (χ3n) is 3.76. The molecular weight excluding hydrogens is 264 g/mol. The van der Waals surface area contributed by atoms with E-state index in [1.807, 2.05) is 6.92 Å². The summed E-state index contributed by atoms with van der Waals surface area (Å²) in [6.07, 6.45) is 2.21. The summed E-state index contributed by atoms with van der Waals surface area (Å²) < 4.78 is 31.5. The van der Waals surface area contributed by atoms with Crippen molar-refractivity contribution < 1.29 is 13.2 Å². The monoisotopic (exact) mass is 284 g/mol. The molecule has 0 saturated heterocycles. The van der Waals surface area contributed by atoms with E-state index in [1.54, 1.807) is 13.1 Å². The van der Waals surface area contributed by atoms with Crippen molar-refractivity contribution in [1.29, 1.82) is 0 Å². The van der Waals surface area contributed by atoms with Crippen LogP contribution in [0.5, 0.6) is 5.75 Å². The lowest BCUT2D eigenvalue weighted by molar-refractivity contribution is 0.356. The van der Waals surface area contributed by atoms with E-state index in [0.29, 0.717) is 17.4 Å². The van der Waals surface area contributed by atoms with Crippen molar-refractivity contribution in [2.24, 2.45) is 5.92 Å². The van der Waals surface area contributed by atoms with E-state index in [-0.39, 0.29) is 10.9 Å². The van der Waals surface area contributed by atoms with Crippen LogP contribution in [0.4, 0.5) is 5.69 Å². The lowest BCUT2D eigenvalue weighted by Gasteiger charge is -2.24. The Morgan fingerprint density at radius 2 is 2.05 bits per heavy atom. The van der Waals surface area contributed by atoms with Gasteiger partial charge < -0.3 is 10.5 Å². The second kappa shape index (κ2) is 5.02. The summed E-state index contributed by atoms with van der Waals surface area (Å²) in [7, 11) is -0.398. The van der Waals surface area contributed by atoms with Crippen LogP contribution in [0.2, 0.25) is 0 Å². The fraction of sp³-hybridized carbons (Fsp3) is 0.538. The Morgan fingerprint density at radius 3 is 2.58 bits per heavy atom. The predicted octanol–water partition coefficient (Wildman–Crippen LogP) is 1.70. The summed E-state index contributed by atoms with van der Waals surface area (Å²) in [6, 6.07) is 4.57. The number of nitrogen functional groups attached to an aromatic ring is 1. The molecule has 2 N–H and O–H groups in total. The maximum atomic E-state index is 12.5. The van der Waals surface area contributed by atoms with E-state index < -0.39 is 10.0 Å². The number of sulfonamides is 1. The second-order valence-corrected chi connectivity index (χ2v) is 7.00. The van der Waals surface area contributed by atoms with Crippen molar-refractivity contribution >= 4 is 15.7 Å². The van der Waals surface area contributed by atoms with Crippen molar-refractivity contribution in [2.45, 2.75) is 30.7 Å². The van der Waals surface area contributed by atoms with E-state index in [2.05, 4.69) is 0 Å². The first-order valence-corrected chi connectivity index (χ1v) is 7.73. The van der Waals surface area contributed by atoms with E-state index in [0.717, 1.165) is 12.8 Å². The highest BCUT2D eigenvalue weighted by Gasteiger charge is 2.36. The highest BCUT2D eigenvalue weighted by molar-refractivity contribution is 7.89. The third kappa shape index (κ3) is 2.69. The van der Waals surface area contributed by atoms with Crippen molar-refractivity contribution in [3.05, 3.63) is 18.2 Å². The van der Waals surface area contributed by atoms with Gasteiger partial charge in [0.25, 0.3) is 0 Å². The quantitative estimate of drug-likeness (QED) is 0.835. The van der Waals surface area contributed by atoms with Crippen LogP contribution in [-0.2, 0) is 10.0 Å². The van der Waals surface area contributed by atoms with Crippen LogP contribution in [0.15, 0.2) is 23.1 Å². The van der Waals surface area contributed by atoms with Gasteiger partial charge in [0.15, 0.2) is 0 Å². The third-order valence-corrected chi connectivity index (χ3v) is 5.70. The van der Waals surface area contributed by atoms with E-state index in [4.69, 9.17) is 10.5 Å². The topological polar surface area (TPSA) is 72.6 Å². The van der Waals surface area contributed by atoms with Crippen LogP contribution in [0.3, 0.4) is 0 Å². The Labute approximate surface area is 114 Å². The van der Waals surface area contributed by atoms with Gasteiger partial charge in [0.1, 0.15) is 5.75 Å². The van der Waals surface area contributed by atoms with Crippen LogP contribution < -0.4 is 10.5 Å². The van der Waals surface area contributed by atoms with Gasteiger partial charge >= 0.3 is 0 Å². The van der Waals surface area contributed by atoms with Crippen molar-refractivity contribution in [2.75, 3.05) is 19.9 Å². The standard InChI is InChI=1S/C13H20N2O3S/c1-9(10-4-5-10)15(2)19(16,17)11-6-7-12(14)13(8-11)18-3/h6-10H,4-5,14H2,1-3H3. The number of nitrogens with zero attached hydrogens (tertiary/aromatic N) is 1. The van der Waals surface area contributed by atoms with Gasteiger partial charge in [-0.1, -0.05) is 0 Å². The van der Waals surface area contributed by atoms with Crippen LogP contribution in [0.25, 0.3) is 0 Å². The first-order chi connectivity index (χ1) is 8.87. The molecule has 0 bridgehead atoms. The van der Waals surface area contributed by atoms with Gasteiger partial charge in [-0.3, -0.25) is 0 Å². The minimum Gasteiger partial charge on any atom is -0.495 e. The molecule has 0 spiro atoms. The zero-order chi connectivity index (χ0) is 14.2. The number of rotatable bonds is 5. The highest BCUT2D eigenvalue weighted by atomic mass is 32.2. The molecule has 19 heavy (non-hydrogen) atoms. The van der Waals surface area contributed by atoms with Gasteiger partial charge in [-0.25, -0.2) is 8.42 Å². The predicted molar refractivity (Wildman–Crippen MR) is 74.5 cm³/mol. The maximum absolute atomic E-state index is 12.5. The van der Waals surface area contributed by atoms with Crippen LogP contribution in [0.1, 0.15) is 19.8 Å². The normalized spacial score (nSPS) is 17.5. The highest BCUT2D eigenvalue weighted by Crippen LogP contribution is 2.37. The fourth-order valence-corrected chi connectivity index (χ4v) is 3.55. The molecule has 106 valence electrons. The molecule has 1 aromatic carbocycles. The van der Waals surface area contributed by atoms with Gasteiger partial charge in [0.05, 0.1) is 17.7 Å². The molecule has 1 saturated carbocycles. The first kappa shape index (κ1) is 14.1. The molecule has 0 aliphatic heterocycles. The number of ether oxygens (including phenoxy) is 1. The molecule has 1 aromatic rings. The first-order valence-electron chi connectivity index (χ1n) is 6.29. The van der Waals surface area contributed by atoms with E-state index in [9.17, 15) is 8.42 Å². The average molecular weight is 284 g/mol. The molecular formula is C13H20N2O3S. The smallest absolute Gasteiger partial charge is 0.243 e. The Kier molecular flexibility index (Phi) is 3.73. The summed E-state index contributed by atoms with van der Waals surface area (Å²) in [5.74, 6) is 0.865. The summed E-state index contributed by atoms with van der Waals surface area (Å²) in [5, 5.41) is 0. The SMILES string of the molecule is COc1cc(S(=O)(=O)N(C)C(C)C2CC2)ccc1N. The lowest BCUT2D eigenvalue weighted by Crippen LogP contribution is -2.36. The number of methoxy groups -OCH3 is 1. The van der Waals surface area contributed by atoms with Gasteiger partial charge in [0.2, 0.25) is 10.0 Å². The average Bonchev–Trinajstić information content (AvgIpc) is 3.21. The number of benzene rings is 1. The Morgan fingerprint density at radius 1 is 1.42 bits per heavy atom. The number of hydrogen-bond donors (Lipinski definition) is 1. The molecule has 0 heterocycles. The molecule has 2 rings (SSSR count). The Balaban J connectivity index is 2.33. The summed E-state index contributed by atoms with van der Waals surface area (Å²) in [4.78, 5) is 0.216. The zero-order valence-electron chi connectivity index (χ0n) is 11.5. The van der Waals surface area contributed by atoms with Gasteiger partial charge in [-0.2, -0.15) is 4.31 Å². The van der Waals surface area contributed by atoms with Gasteiger partial charge in [0, 0.05) is 19.2 Å². The molecule has 6 heteroatoms. The summed E-state index contributed by atoms with van der Waals surface area (Å²) in [6.45, 7) is 1.95. The number of hydrogen-bond acceptors (Lipinski definition) is 4. The summed E-state index contributed by atoms with van der Waals surface area (Å²) >= 11 is 0. The largest absolute Gasteiger partial charge is 0.495 e. The molecule has 1 fully saturated rings. The van der Waals surface area contributed by atoms with Gasteiger partial charge in [-0.05, 0) is 37.8 Å². The molecule has 0 amide bonds. The van der Waals surface area contributed by atoms with Crippen LogP contribution in [-0.4, -0.2) is 32.9 Å². The molecule has 1 aliphatic rings. The van der Waals surface area contributed by atoms with Crippen LogP contribution >= 0.6 is 0 Å². The number of anilines is 1. The fourth-order valence-electron chi connectivity index (χ4n) is 2.11. The van der Waals surface area contributed by atoms with Crippen molar-refractivity contribution in [3.63, 3.8) is 0 Å². The molecule has 0 radical (unpaired) electrons. The minimum atomic E-state index is -3.49. The molecule has 1 unspecified atom stereocenters. The zero-order valence-corrected chi connectivity index (χ0v) is 12.3. The van der Waals surface area contributed by atoms with E-state index in [1.165, 1.54) is 23.5 Å². The number of nitrogens with two attached hydrogens (primary N) is 1. The molecule has 1 aliphatic carbocycles. The molecule has 1 atom stereocenters. The van der Waals surface area contributed by atoms with Crippen molar-refractivity contribution in [1.82, 2.24) is 4.31 Å². The molecule has 0 aromatic heterocycles. The van der Waals surface area contributed by atoms with Crippen molar-refractivity contribution in [3.8, 4) is 5.75 Å². The van der Waals surface area contributed by atoms with E-state index >= 15 is 0 Å². The Bertz CT molecular complexity index is 567. The Hall–Kier alpha value is -1.27. The minimum absolute atomic E-state index is 0.0218. The maximum Gasteiger partial charge on any atom is 0.243 e. The van der Waals surface area contributed by atoms with Gasteiger partial charge in [-0.15, -0.1) is 0 Å². The summed E-state index contributed by atoms with van der Waals surface area (Å²) in [5.41, 5.74) is 6.13. The second-order valence-electron chi connectivity index (χ2n) is 5.00. The lowest BCUT2D eigenvalue weighted by atomic mass is 10.2. The molecule has 5 nitrogen and oxygen atoms in total. The van der Waals surface area contributed by atoms with Crippen LogP contribution in [0, 0.1) is 5.92 Å².